The van der Waals surface area contributed by atoms with Crippen LogP contribution in [0.1, 0.15) is 24.1 Å². The number of aliphatic hydroxyl groups is 1. The van der Waals surface area contributed by atoms with Gasteiger partial charge in [0.05, 0.1) is 12.6 Å². The standard InChI is InChI=1S/C12H16F3N3O/c13-12(14,15)10-4-3-8(6-16)11(17-10)18-5-1-2-9(18)7-19/h3-4,9,19H,1-2,5-7,16H2. The molecule has 0 spiro atoms. The number of aromatic nitrogens is 1. The molecular formula is C12H16F3N3O. The number of anilines is 1. The maximum Gasteiger partial charge on any atom is 0.433 e. The topological polar surface area (TPSA) is 62.4 Å². The highest BCUT2D eigenvalue weighted by Gasteiger charge is 2.35. The van der Waals surface area contributed by atoms with E-state index in [0.717, 1.165) is 18.9 Å². The zero-order valence-electron chi connectivity index (χ0n) is 10.3. The molecule has 106 valence electrons. The van der Waals surface area contributed by atoms with Crippen LogP contribution in [0.2, 0.25) is 0 Å². The third-order valence-electron chi connectivity index (χ3n) is 3.33. The molecule has 3 N–H and O–H groups in total. The van der Waals surface area contributed by atoms with Crippen LogP contribution >= 0.6 is 0 Å². The van der Waals surface area contributed by atoms with Gasteiger partial charge >= 0.3 is 6.18 Å². The van der Waals surface area contributed by atoms with Gasteiger partial charge in [-0.1, -0.05) is 6.07 Å². The van der Waals surface area contributed by atoms with Crippen LogP contribution in [-0.4, -0.2) is 29.3 Å². The zero-order valence-corrected chi connectivity index (χ0v) is 10.3. The van der Waals surface area contributed by atoms with Crippen molar-refractivity contribution in [3.63, 3.8) is 0 Å². The Hall–Kier alpha value is -1.34. The van der Waals surface area contributed by atoms with Gasteiger partial charge in [-0.15, -0.1) is 0 Å². The minimum Gasteiger partial charge on any atom is -0.394 e. The SMILES string of the molecule is NCc1ccc(C(F)(F)F)nc1N1CCCC1CO. The number of halogens is 3. The Kier molecular flexibility index (Phi) is 3.96. The minimum atomic E-state index is -4.48. The molecule has 0 aliphatic carbocycles. The molecular weight excluding hydrogens is 259 g/mol. The maximum atomic E-state index is 12.7. The van der Waals surface area contributed by atoms with Gasteiger partial charge in [0.1, 0.15) is 11.5 Å². The molecule has 2 rings (SSSR count). The molecule has 1 unspecified atom stereocenters. The normalized spacial score (nSPS) is 20.1. The second-order valence-corrected chi connectivity index (χ2v) is 4.55. The molecule has 4 nitrogen and oxygen atoms in total. The van der Waals surface area contributed by atoms with Crippen molar-refractivity contribution in [2.75, 3.05) is 18.1 Å². The van der Waals surface area contributed by atoms with E-state index in [1.807, 2.05) is 0 Å². The predicted octanol–water partition coefficient (Wildman–Crippen LogP) is 1.52. The lowest BCUT2D eigenvalue weighted by Crippen LogP contribution is -2.34. The van der Waals surface area contributed by atoms with Crippen molar-refractivity contribution in [2.24, 2.45) is 5.73 Å². The van der Waals surface area contributed by atoms with E-state index in [2.05, 4.69) is 4.98 Å². The monoisotopic (exact) mass is 275 g/mol. The Labute approximate surface area is 109 Å². The molecule has 7 heteroatoms. The maximum absolute atomic E-state index is 12.7. The van der Waals surface area contributed by atoms with E-state index in [1.54, 1.807) is 4.90 Å². The third kappa shape index (κ3) is 2.82. The van der Waals surface area contributed by atoms with Gasteiger partial charge in [0.15, 0.2) is 0 Å². The van der Waals surface area contributed by atoms with Gasteiger partial charge in [0.25, 0.3) is 0 Å². The van der Waals surface area contributed by atoms with Crippen LogP contribution in [0, 0.1) is 0 Å². The number of nitrogens with two attached hydrogens (primary N) is 1. The smallest absolute Gasteiger partial charge is 0.394 e. The van der Waals surface area contributed by atoms with Crippen molar-refractivity contribution >= 4 is 5.82 Å². The fourth-order valence-electron chi connectivity index (χ4n) is 2.35. The molecule has 1 aromatic rings. The number of hydrogen-bond donors (Lipinski definition) is 2. The summed E-state index contributed by atoms with van der Waals surface area (Å²) in [5, 5.41) is 9.27. The van der Waals surface area contributed by atoms with Crippen LogP contribution in [0.4, 0.5) is 19.0 Å². The van der Waals surface area contributed by atoms with Crippen LogP contribution in [-0.2, 0) is 12.7 Å². The van der Waals surface area contributed by atoms with Crippen molar-refractivity contribution in [2.45, 2.75) is 31.6 Å². The number of hydrogen-bond acceptors (Lipinski definition) is 4. The first-order valence-electron chi connectivity index (χ1n) is 6.12. The van der Waals surface area contributed by atoms with E-state index in [1.165, 1.54) is 6.07 Å². The number of alkyl halides is 3. The summed E-state index contributed by atoms with van der Waals surface area (Å²) in [6, 6.07) is 2.12. The van der Waals surface area contributed by atoms with Crippen molar-refractivity contribution in [1.82, 2.24) is 4.98 Å². The second kappa shape index (κ2) is 5.34. The first kappa shape index (κ1) is 14.1. The number of aliphatic hydroxyl groups excluding tert-OH is 1. The Morgan fingerprint density at radius 2 is 2.16 bits per heavy atom. The average Bonchev–Trinajstić information content (AvgIpc) is 2.85. The molecule has 0 bridgehead atoms. The summed E-state index contributed by atoms with van der Waals surface area (Å²) in [4.78, 5) is 5.42. The van der Waals surface area contributed by atoms with Crippen LogP contribution < -0.4 is 10.6 Å². The molecule has 1 atom stereocenters. The molecule has 1 saturated heterocycles. The van der Waals surface area contributed by atoms with Crippen molar-refractivity contribution in [1.29, 1.82) is 0 Å². The first-order chi connectivity index (χ1) is 8.97. The summed E-state index contributed by atoms with van der Waals surface area (Å²) in [7, 11) is 0. The number of pyridine rings is 1. The largest absolute Gasteiger partial charge is 0.433 e. The molecule has 0 saturated carbocycles. The van der Waals surface area contributed by atoms with Crippen molar-refractivity contribution in [3.05, 3.63) is 23.4 Å². The Bertz CT molecular complexity index is 450. The van der Waals surface area contributed by atoms with Gasteiger partial charge in [-0.25, -0.2) is 4.98 Å². The zero-order chi connectivity index (χ0) is 14.0. The second-order valence-electron chi connectivity index (χ2n) is 4.55. The number of nitrogens with zero attached hydrogens (tertiary/aromatic N) is 2. The van der Waals surface area contributed by atoms with E-state index >= 15 is 0 Å². The van der Waals surface area contributed by atoms with Gasteiger partial charge in [-0.3, -0.25) is 0 Å². The molecule has 1 aromatic heterocycles. The third-order valence-corrected chi connectivity index (χ3v) is 3.33. The fourth-order valence-corrected chi connectivity index (χ4v) is 2.35. The fraction of sp³-hybridized carbons (Fsp3) is 0.583. The van der Waals surface area contributed by atoms with Gasteiger partial charge < -0.3 is 15.7 Å². The first-order valence-corrected chi connectivity index (χ1v) is 6.12. The van der Waals surface area contributed by atoms with Gasteiger partial charge in [0.2, 0.25) is 0 Å². The van der Waals surface area contributed by atoms with Crippen molar-refractivity contribution in [3.8, 4) is 0 Å². The molecule has 0 aromatic carbocycles. The van der Waals surface area contributed by atoms with Crippen molar-refractivity contribution < 1.29 is 18.3 Å². The van der Waals surface area contributed by atoms with Gasteiger partial charge in [-0.2, -0.15) is 13.2 Å². The molecule has 19 heavy (non-hydrogen) atoms. The van der Waals surface area contributed by atoms with E-state index in [-0.39, 0.29) is 25.0 Å². The minimum absolute atomic E-state index is 0.0953. The van der Waals surface area contributed by atoms with Crippen LogP contribution in [0.5, 0.6) is 0 Å². The van der Waals surface area contributed by atoms with E-state index in [9.17, 15) is 18.3 Å². The Morgan fingerprint density at radius 3 is 2.74 bits per heavy atom. The summed E-state index contributed by atoms with van der Waals surface area (Å²) in [5.41, 5.74) is 5.19. The average molecular weight is 275 g/mol. The summed E-state index contributed by atoms with van der Waals surface area (Å²) in [5.74, 6) is 0.244. The lowest BCUT2D eigenvalue weighted by atomic mass is 10.2. The summed E-state index contributed by atoms with van der Waals surface area (Å²) in [6.07, 6.45) is -2.90. The molecule has 1 aliphatic heterocycles. The molecule has 1 fully saturated rings. The molecule has 2 heterocycles. The van der Waals surface area contributed by atoms with Crippen LogP contribution in [0.3, 0.4) is 0 Å². The summed E-state index contributed by atoms with van der Waals surface area (Å²) >= 11 is 0. The van der Waals surface area contributed by atoms with E-state index in [0.29, 0.717) is 12.1 Å². The van der Waals surface area contributed by atoms with Crippen LogP contribution in [0.15, 0.2) is 12.1 Å². The number of rotatable bonds is 3. The lowest BCUT2D eigenvalue weighted by Gasteiger charge is -2.26. The molecule has 0 radical (unpaired) electrons. The summed E-state index contributed by atoms with van der Waals surface area (Å²) in [6.45, 7) is 0.615. The highest BCUT2D eigenvalue weighted by atomic mass is 19.4. The van der Waals surface area contributed by atoms with Gasteiger partial charge in [-0.05, 0) is 18.9 Å². The lowest BCUT2D eigenvalue weighted by molar-refractivity contribution is -0.141. The van der Waals surface area contributed by atoms with Gasteiger partial charge in [0, 0.05) is 18.7 Å². The highest BCUT2D eigenvalue weighted by Crippen LogP contribution is 2.32. The quantitative estimate of drug-likeness (QED) is 0.878. The summed E-state index contributed by atoms with van der Waals surface area (Å²) < 4.78 is 38.1. The van der Waals surface area contributed by atoms with Crippen LogP contribution in [0.25, 0.3) is 0 Å². The Balaban J connectivity index is 2.41. The molecule has 0 amide bonds. The predicted molar refractivity (Wildman–Crippen MR) is 64.6 cm³/mol. The van der Waals surface area contributed by atoms with E-state index in [4.69, 9.17) is 5.73 Å². The Morgan fingerprint density at radius 1 is 1.42 bits per heavy atom. The highest BCUT2D eigenvalue weighted by molar-refractivity contribution is 5.50. The van der Waals surface area contributed by atoms with E-state index < -0.39 is 11.9 Å². The molecule has 1 aliphatic rings.